The molecule has 0 heterocycles. The van der Waals surface area contributed by atoms with E-state index in [-0.39, 0.29) is 5.91 Å². The van der Waals surface area contributed by atoms with E-state index in [1.165, 1.54) is 22.3 Å². The number of nitrogens with one attached hydrogen (secondary N) is 1. The first kappa shape index (κ1) is 16.3. The summed E-state index contributed by atoms with van der Waals surface area (Å²) in [6, 6.07) is 18.1. The predicted molar refractivity (Wildman–Crippen MR) is 100 cm³/mol. The molecule has 130 valence electrons. The van der Waals surface area contributed by atoms with Crippen molar-refractivity contribution < 1.29 is 4.79 Å². The molecule has 25 heavy (non-hydrogen) atoms. The normalized spacial score (nSPS) is 19.0. The van der Waals surface area contributed by atoms with Crippen molar-refractivity contribution in [1.29, 1.82) is 0 Å². The van der Waals surface area contributed by atoms with Gasteiger partial charge in [-0.3, -0.25) is 9.69 Å². The SMILES string of the molecule is Cc1ccc(CN(CC(=O)NC2CC2)C2CCc3ccccc32)cc1. The Morgan fingerprint density at radius 2 is 1.84 bits per heavy atom. The fourth-order valence-electron chi connectivity index (χ4n) is 3.80. The minimum Gasteiger partial charge on any atom is -0.352 e. The summed E-state index contributed by atoms with van der Waals surface area (Å²) in [5, 5.41) is 3.15. The quantitative estimate of drug-likeness (QED) is 0.872. The number of carbonyl (C=O) groups excluding carboxylic acids is 1. The van der Waals surface area contributed by atoms with Crippen LogP contribution in [0.5, 0.6) is 0 Å². The van der Waals surface area contributed by atoms with Gasteiger partial charge >= 0.3 is 0 Å². The van der Waals surface area contributed by atoms with Crippen molar-refractivity contribution in [3.63, 3.8) is 0 Å². The van der Waals surface area contributed by atoms with E-state index in [1.54, 1.807) is 0 Å². The molecule has 0 bridgehead atoms. The Kier molecular flexibility index (Phi) is 4.58. The van der Waals surface area contributed by atoms with Gasteiger partial charge in [-0.15, -0.1) is 0 Å². The summed E-state index contributed by atoms with van der Waals surface area (Å²) in [5.41, 5.74) is 5.38. The maximum Gasteiger partial charge on any atom is 0.234 e. The molecule has 1 amide bonds. The molecule has 4 rings (SSSR count). The highest BCUT2D eigenvalue weighted by molar-refractivity contribution is 5.78. The summed E-state index contributed by atoms with van der Waals surface area (Å²) in [5.74, 6) is 0.166. The first-order valence-electron chi connectivity index (χ1n) is 9.36. The molecule has 0 saturated heterocycles. The molecule has 2 aromatic rings. The minimum atomic E-state index is 0.166. The Balaban J connectivity index is 1.54. The summed E-state index contributed by atoms with van der Waals surface area (Å²) < 4.78 is 0. The van der Waals surface area contributed by atoms with Crippen LogP contribution in [0.15, 0.2) is 48.5 Å². The standard InChI is InChI=1S/C22H26N2O/c1-16-6-8-17(9-7-16)14-24(15-22(25)23-19-11-12-19)21-13-10-18-4-2-3-5-20(18)21/h2-9,19,21H,10-15H2,1H3,(H,23,25). The number of hydrogen-bond acceptors (Lipinski definition) is 2. The monoisotopic (exact) mass is 334 g/mol. The van der Waals surface area contributed by atoms with E-state index in [0.29, 0.717) is 18.6 Å². The van der Waals surface area contributed by atoms with Crippen molar-refractivity contribution in [2.24, 2.45) is 0 Å². The first-order chi connectivity index (χ1) is 12.2. The highest BCUT2D eigenvalue weighted by atomic mass is 16.2. The third-order valence-electron chi connectivity index (χ3n) is 5.34. The average Bonchev–Trinajstić information content (AvgIpc) is 3.31. The fraction of sp³-hybridized carbons (Fsp3) is 0.409. The van der Waals surface area contributed by atoms with Crippen molar-refractivity contribution in [2.45, 2.75) is 51.2 Å². The summed E-state index contributed by atoms with van der Waals surface area (Å²) in [6.45, 7) is 3.40. The van der Waals surface area contributed by atoms with Crippen molar-refractivity contribution in [1.82, 2.24) is 10.2 Å². The second-order valence-electron chi connectivity index (χ2n) is 7.49. The molecule has 1 unspecified atom stereocenters. The molecule has 1 N–H and O–H groups in total. The number of benzene rings is 2. The third-order valence-corrected chi connectivity index (χ3v) is 5.34. The molecule has 0 radical (unpaired) electrons. The second kappa shape index (κ2) is 7.01. The summed E-state index contributed by atoms with van der Waals surface area (Å²) in [6.07, 6.45) is 4.48. The number of amides is 1. The maximum absolute atomic E-state index is 12.5. The number of aryl methyl sites for hydroxylation is 2. The van der Waals surface area contributed by atoms with Crippen LogP contribution in [0.3, 0.4) is 0 Å². The van der Waals surface area contributed by atoms with Gasteiger partial charge in [-0.25, -0.2) is 0 Å². The molecular weight excluding hydrogens is 308 g/mol. The first-order valence-corrected chi connectivity index (χ1v) is 9.36. The molecule has 0 aliphatic heterocycles. The zero-order chi connectivity index (χ0) is 17.2. The molecule has 3 nitrogen and oxygen atoms in total. The molecule has 1 fully saturated rings. The maximum atomic E-state index is 12.5. The average molecular weight is 334 g/mol. The van der Waals surface area contributed by atoms with Crippen LogP contribution in [-0.4, -0.2) is 23.4 Å². The van der Waals surface area contributed by atoms with Gasteiger partial charge in [0.2, 0.25) is 5.91 Å². The van der Waals surface area contributed by atoms with E-state index >= 15 is 0 Å². The third kappa shape index (κ3) is 3.93. The molecule has 0 aromatic heterocycles. The van der Waals surface area contributed by atoms with Crippen LogP contribution in [0.2, 0.25) is 0 Å². The topological polar surface area (TPSA) is 32.3 Å². The summed E-state index contributed by atoms with van der Waals surface area (Å²) in [7, 11) is 0. The Morgan fingerprint density at radius 3 is 2.60 bits per heavy atom. The van der Waals surface area contributed by atoms with Gasteiger partial charge in [0.25, 0.3) is 0 Å². The highest BCUT2D eigenvalue weighted by Crippen LogP contribution is 2.36. The minimum absolute atomic E-state index is 0.166. The molecule has 2 aliphatic rings. The molecule has 2 aliphatic carbocycles. The van der Waals surface area contributed by atoms with Gasteiger partial charge in [-0.05, 0) is 49.3 Å². The van der Waals surface area contributed by atoms with Gasteiger partial charge in [-0.2, -0.15) is 0 Å². The Morgan fingerprint density at radius 1 is 1.08 bits per heavy atom. The van der Waals surface area contributed by atoms with Gasteiger partial charge in [0.1, 0.15) is 0 Å². The number of rotatable bonds is 6. The number of nitrogens with zero attached hydrogens (tertiary/aromatic N) is 1. The molecule has 1 saturated carbocycles. The van der Waals surface area contributed by atoms with Crippen LogP contribution in [0.4, 0.5) is 0 Å². The van der Waals surface area contributed by atoms with E-state index in [9.17, 15) is 4.79 Å². The van der Waals surface area contributed by atoms with Gasteiger partial charge in [0, 0.05) is 18.6 Å². The van der Waals surface area contributed by atoms with Crippen molar-refractivity contribution in [3.8, 4) is 0 Å². The number of hydrogen-bond donors (Lipinski definition) is 1. The lowest BCUT2D eigenvalue weighted by Crippen LogP contribution is -2.39. The number of carbonyl (C=O) groups is 1. The smallest absolute Gasteiger partial charge is 0.234 e. The van der Waals surface area contributed by atoms with Crippen molar-refractivity contribution in [3.05, 3.63) is 70.8 Å². The van der Waals surface area contributed by atoms with E-state index in [1.807, 2.05) is 0 Å². The molecule has 2 aromatic carbocycles. The Bertz CT molecular complexity index is 749. The lowest BCUT2D eigenvalue weighted by atomic mass is 10.1. The van der Waals surface area contributed by atoms with Crippen LogP contribution < -0.4 is 5.32 Å². The number of fused-ring (bicyclic) bond motifs is 1. The van der Waals surface area contributed by atoms with Crippen LogP contribution in [0.1, 0.15) is 47.6 Å². The van der Waals surface area contributed by atoms with E-state index in [2.05, 4.69) is 65.7 Å². The van der Waals surface area contributed by atoms with Crippen LogP contribution in [-0.2, 0) is 17.8 Å². The van der Waals surface area contributed by atoms with Crippen LogP contribution in [0.25, 0.3) is 0 Å². The van der Waals surface area contributed by atoms with Crippen LogP contribution in [0, 0.1) is 6.92 Å². The Labute approximate surface area is 150 Å². The summed E-state index contributed by atoms with van der Waals surface area (Å²) >= 11 is 0. The largest absolute Gasteiger partial charge is 0.352 e. The fourth-order valence-corrected chi connectivity index (χ4v) is 3.80. The van der Waals surface area contributed by atoms with E-state index in [0.717, 1.165) is 32.2 Å². The van der Waals surface area contributed by atoms with Gasteiger partial charge in [0.15, 0.2) is 0 Å². The van der Waals surface area contributed by atoms with E-state index < -0.39 is 0 Å². The molecule has 3 heteroatoms. The van der Waals surface area contributed by atoms with Gasteiger partial charge in [0.05, 0.1) is 6.54 Å². The zero-order valence-corrected chi connectivity index (χ0v) is 14.9. The molecule has 0 spiro atoms. The van der Waals surface area contributed by atoms with Gasteiger partial charge in [-0.1, -0.05) is 54.1 Å². The molecule has 1 atom stereocenters. The van der Waals surface area contributed by atoms with Crippen LogP contribution >= 0.6 is 0 Å². The lowest BCUT2D eigenvalue weighted by molar-refractivity contribution is -0.123. The summed E-state index contributed by atoms with van der Waals surface area (Å²) in [4.78, 5) is 14.8. The van der Waals surface area contributed by atoms with Gasteiger partial charge < -0.3 is 5.32 Å². The van der Waals surface area contributed by atoms with Crippen molar-refractivity contribution >= 4 is 5.91 Å². The Hall–Kier alpha value is -2.13. The molecular formula is C22H26N2O. The van der Waals surface area contributed by atoms with Crippen molar-refractivity contribution in [2.75, 3.05) is 6.54 Å². The lowest BCUT2D eigenvalue weighted by Gasteiger charge is -2.29. The predicted octanol–water partition coefficient (Wildman–Crippen LogP) is 3.76. The highest BCUT2D eigenvalue weighted by Gasteiger charge is 2.30. The zero-order valence-electron chi connectivity index (χ0n) is 14.9. The second-order valence-corrected chi connectivity index (χ2v) is 7.49. The van der Waals surface area contributed by atoms with E-state index in [4.69, 9.17) is 0 Å².